The number of aromatic nitrogens is 1. The Morgan fingerprint density at radius 1 is 1.25 bits per heavy atom. The van der Waals surface area contributed by atoms with Gasteiger partial charge < -0.3 is 14.8 Å². The third-order valence-corrected chi connectivity index (χ3v) is 2.72. The van der Waals surface area contributed by atoms with E-state index in [2.05, 4.69) is 32.9 Å². The first kappa shape index (κ1) is 16.4. The molecular weight excluding hydrogens is 375 g/mol. The molecule has 1 aromatic rings. The van der Waals surface area contributed by atoms with Gasteiger partial charge >= 0.3 is 11.9 Å². The van der Waals surface area contributed by atoms with E-state index in [4.69, 9.17) is 9.47 Å². The van der Waals surface area contributed by atoms with Crippen molar-refractivity contribution in [2.75, 3.05) is 18.5 Å². The number of ether oxygens (including phenoxy) is 2. The number of anilines is 1. The van der Waals surface area contributed by atoms with Crippen LogP contribution in [0.4, 0.5) is 5.82 Å². The lowest BCUT2D eigenvalue weighted by Gasteiger charge is -2.07. The highest BCUT2D eigenvalue weighted by Crippen LogP contribution is 2.09. The summed E-state index contributed by atoms with van der Waals surface area (Å²) < 4.78 is 10.6. The first-order chi connectivity index (χ1) is 9.58. The average Bonchev–Trinajstić information content (AvgIpc) is 2.42. The number of hydrogen-bond acceptors (Lipinski definition) is 6. The number of nitrogens with one attached hydrogen (secondary N) is 1. The molecular formula is C13H15IN2O4. The van der Waals surface area contributed by atoms with E-state index < -0.39 is 11.9 Å². The van der Waals surface area contributed by atoms with Crippen LogP contribution in [0.1, 0.15) is 13.8 Å². The van der Waals surface area contributed by atoms with E-state index in [1.807, 2.05) is 6.07 Å². The topological polar surface area (TPSA) is 77.5 Å². The van der Waals surface area contributed by atoms with E-state index in [1.54, 1.807) is 26.1 Å². The van der Waals surface area contributed by atoms with E-state index in [0.29, 0.717) is 5.82 Å². The third-order valence-electron chi connectivity index (χ3n) is 2.08. The van der Waals surface area contributed by atoms with Gasteiger partial charge in [-0.2, -0.15) is 0 Å². The Hall–Kier alpha value is -1.64. The molecule has 0 saturated heterocycles. The van der Waals surface area contributed by atoms with Gasteiger partial charge in [-0.05, 0) is 48.6 Å². The Morgan fingerprint density at radius 3 is 2.30 bits per heavy atom. The highest BCUT2D eigenvalue weighted by Gasteiger charge is 2.20. The molecule has 1 N–H and O–H groups in total. The Balaban J connectivity index is 2.86. The molecule has 0 aliphatic rings. The highest BCUT2D eigenvalue weighted by molar-refractivity contribution is 14.1. The first-order valence-corrected chi connectivity index (χ1v) is 7.08. The predicted octanol–water partition coefficient (Wildman–Crippen LogP) is 2.11. The summed E-state index contributed by atoms with van der Waals surface area (Å²) in [6.45, 7) is 3.68. The summed E-state index contributed by atoms with van der Waals surface area (Å²) in [6.07, 6.45) is 2.90. The molecule has 0 unspecified atom stereocenters. The quantitative estimate of drug-likeness (QED) is 0.264. The van der Waals surface area contributed by atoms with Crippen molar-refractivity contribution in [2.45, 2.75) is 13.8 Å². The molecule has 0 aliphatic heterocycles. The van der Waals surface area contributed by atoms with Crippen molar-refractivity contribution in [1.29, 1.82) is 0 Å². The molecule has 0 fully saturated rings. The van der Waals surface area contributed by atoms with Crippen LogP contribution in [-0.2, 0) is 19.1 Å². The maximum Gasteiger partial charge on any atom is 0.347 e. The maximum atomic E-state index is 11.7. The fraction of sp³-hybridized carbons (Fsp3) is 0.308. The largest absolute Gasteiger partial charge is 0.462 e. The van der Waals surface area contributed by atoms with Gasteiger partial charge in [-0.1, -0.05) is 0 Å². The fourth-order valence-electron chi connectivity index (χ4n) is 1.23. The molecule has 1 aromatic heterocycles. The SMILES string of the molecule is CCOC(=O)C(=CNc1ccc(I)cn1)C(=O)OCC. The molecule has 1 heterocycles. The summed E-state index contributed by atoms with van der Waals surface area (Å²) in [6, 6.07) is 3.57. The zero-order valence-corrected chi connectivity index (χ0v) is 13.3. The minimum absolute atomic E-state index is 0.178. The highest BCUT2D eigenvalue weighted by atomic mass is 127. The van der Waals surface area contributed by atoms with Crippen LogP contribution in [0.3, 0.4) is 0 Å². The van der Waals surface area contributed by atoms with Crippen molar-refractivity contribution in [3.05, 3.63) is 33.7 Å². The summed E-state index contributed by atoms with van der Waals surface area (Å²) >= 11 is 2.13. The zero-order chi connectivity index (χ0) is 15.0. The van der Waals surface area contributed by atoms with E-state index >= 15 is 0 Å². The maximum absolute atomic E-state index is 11.7. The normalized spacial score (nSPS) is 9.55. The predicted molar refractivity (Wildman–Crippen MR) is 81.9 cm³/mol. The first-order valence-electron chi connectivity index (χ1n) is 6.01. The number of esters is 2. The van der Waals surface area contributed by atoms with E-state index in [-0.39, 0.29) is 18.8 Å². The summed E-state index contributed by atoms with van der Waals surface area (Å²) in [4.78, 5) is 27.5. The molecule has 108 valence electrons. The van der Waals surface area contributed by atoms with E-state index in [0.717, 1.165) is 3.57 Å². The smallest absolute Gasteiger partial charge is 0.347 e. The van der Waals surface area contributed by atoms with Crippen molar-refractivity contribution < 1.29 is 19.1 Å². The average molecular weight is 390 g/mol. The minimum atomic E-state index is -0.732. The molecule has 0 amide bonds. The lowest BCUT2D eigenvalue weighted by Crippen LogP contribution is -2.19. The number of hydrogen-bond donors (Lipinski definition) is 1. The number of carbonyl (C=O) groups excluding carboxylic acids is 2. The van der Waals surface area contributed by atoms with Crippen LogP contribution >= 0.6 is 22.6 Å². The van der Waals surface area contributed by atoms with E-state index in [9.17, 15) is 9.59 Å². The van der Waals surface area contributed by atoms with Crippen molar-refractivity contribution in [1.82, 2.24) is 4.98 Å². The Morgan fingerprint density at radius 2 is 1.85 bits per heavy atom. The van der Waals surface area contributed by atoms with Crippen LogP contribution in [-0.4, -0.2) is 30.1 Å². The van der Waals surface area contributed by atoms with Crippen molar-refractivity contribution in [3.8, 4) is 0 Å². The van der Waals surface area contributed by atoms with Crippen LogP contribution in [0.2, 0.25) is 0 Å². The van der Waals surface area contributed by atoms with Crippen LogP contribution < -0.4 is 5.32 Å². The third kappa shape index (κ3) is 5.16. The molecule has 0 aliphatic carbocycles. The van der Waals surface area contributed by atoms with Gasteiger partial charge in [0, 0.05) is 16.0 Å². The Bertz CT molecular complexity index is 480. The molecule has 0 atom stereocenters. The second kappa shape index (κ2) is 8.51. The number of pyridine rings is 1. The van der Waals surface area contributed by atoms with Crippen molar-refractivity contribution >= 4 is 40.3 Å². The minimum Gasteiger partial charge on any atom is -0.462 e. The number of nitrogens with zero attached hydrogens (tertiary/aromatic N) is 1. The van der Waals surface area contributed by atoms with Crippen LogP contribution in [0, 0.1) is 3.57 Å². The summed E-state index contributed by atoms with van der Waals surface area (Å²) in [5.41, 5.74) is -0.200. The van der Waals surface area contributed by atoms with E-state index in [1.165, 1.54) is 6.20 Å². The van der Waals surface area contributed by atoms with Gasteiger partial charge in [0.25, 0.3) is 0 Å². The molecule has 6 nitrogen and oxygen atoms in total. The number of halogens is 1. The number of carbonyl (C=O) groups is 2. The Labute approximate surface area is 130 Å². The molecule has 0 spiro atoms. The van der Waals surface area contributed by atoms with Gasteiger partial charge in [0.15, 0.2) is 5.57 Å². The van der Waals surface area contributed by atoms with Gasteiger partial charge in [0.2, 0.25) is 0 Å². The molecule has 7 heteroatoms. The van der Waals surface area contributed by atoms with Gasteiger partial charge in [0.1, 0.15) is 5.82 Å². The second-order valence-corrected chi connectivity index (χ2v) is 4.75. The standard InChI is InChI=1S/C13H15IN2O4/c1-3-19-12(17)10(13(18)20-4-2)8-16-11-6-5-9(14)7-15-11/h5-8H,3-4H2,1-2H3,(H,15,16). The molecule has 0 saturated carbocycles. The van der Waals surface area contributed by atoms with Crippen molar-refractivity contribution in [2.24, 2.45) is 0 Å². The van der Waals surface area contributed by atoms with Crippen LogP contribution in [0.25, 0.3) is 0 Å². The molecule has 0 bridgehead atoms. The van der Waals surface area contributed by atoms with Crippen LogP contribution in [0.5, 0.6) is 0 Å². The Kier molecular flexibility index (Phi) is 6.99. The summed E-state index contributed by atoms with van der Waals surface area (Å²) in [7, 11) is 0. The van der Waals surface area contributed by atoms with Gasteiger partial charge in [0.05, 0.1) is 13.2 Å². The lowest BCUT2D eigenvalue weighted by molar-refractivity contribution is -0.146. The molecule has 0 radical (unpaired) electrons. The zero-order valence-electron chi connectivity index (χ0n) is 11.2. The fourth-order valence-corrected chi connectivity index (χ4v) is 1.55. The van der Waals surface area contributed by atoms with Crippen molar-refractivity contribution in [3.63, 3.8) is 0 Å². The van der Waals surface area contributed by atoms with Gasteiger partial charge in [-0.25, -0.2) is 14.6 Å². The summed E-state index contributed by atoms with van der Waals surface area (Å²) in [5.74, 6) is -0.954. The second-order valence-electron chi connectivity index (χ2n) is 3.50. The molecule has 0 aromatic carbocycles. The van der Waals surface area contributed by atoms with Gasteiger partial charge in [-0.15, -0.1) is 0 Å². The summed E-state index contributed by atoms with van der Waals surface area (Å²) in [5, 5.41) is 2.77. The van der Waals surface area contributed by atoms with Crippen LogP contribution in [0.15, 0.2) is 30.1 Å². The molecule has 20 heavy (non-hydrogen) atoms. The number of rotatable bonds is 6. The monoisotopic (exact) mass is 390 g/mol. The lowest BCUT2D eigenvalue weighted by atomic mass is 10.3. The van der Waals surface area contributed by atoms with Gasteiger partial charge in [-0.3, -0.25) is 0 Å². The molecule has 1 rings (SSSR count).